The molecule has 1 aromatic rings. The van der Waals surface area contributed by atoms with Crippen LogP contribution in [0.15, 0.2) is 42.0 Å². The minimum Gasteiger partial charge on any atom is -0.497 e. The van der Waals surface area contributed by atoms with Crippen molar-refractivity contribution in [2.75, 3.05) is 20.2 Å². The van der Waals surface area contributed by atoms with Crippen LogP contribution in [0.1, 0.15) is 19.4 Å². The number of hydrogen-bond donors (Lipinski definition) is 0. The van der Waals surface area contributed by atoms with Gasteiger partial charge in [-0.3, -0.25) is 19.4 Å². The van der Waals surface area contributed by atoms with Crippen LogP contribution in [0.5, 0.6) is 5.75 Å². The number of nitrogens with zero attached hydrogens (tertiary/aromatic N) is 2. The number of rotatable bonds is 5. The summed E-state index contributed by atoms with van der Waals surface area (Å²) >= 11 is 5.22. The van der Waals surface area contributed by atoms with E-state index in [1.807, 2.05) is 44.2 Å². The number of methoxy groups -OCH3 is 1. The summed E-state index contributed by atoms with van der Waals surface area (Å²) in [6, 6.07) is 7.48. The zero-order chi connectivity index (χ0) is 17.7. The molecule has 2 amide bonds. The summed E-state index contributed by atoms with van der Waals surface area (Å²) in [6.07, 6.45) is 5.07. The van der Waals surface area contributed by atoms with Crippen LogP contribution in [0, 0.1) is 0 Å². The van der Waals surface area contributed by atoms with Crippen LogP contribution >= 0.6 is 12.2 Å². The number of likely N-dealkylation sites (N-methyl/N-ethyl adjacent to an activating group) is 2. The van der Waals surface area contributed by atoms with Crippen molar-refractivity contribution in [2.24, 2.45) is 0 Å². The molecule has 0 aliphatic carbocycles. The molecule has 5 nitrogen and oxygen atoms in total. The van der Waals surface area contributed by atoms with Crippen molar-refractivity contribution >= 4 is 35.2 Å². The Morgan fingerprint density at radius 1 is 1.04 bits per heavy atom. The van der Waals surface area contributed by atoms with E-state index in [0.717, 1.165) is 11.3 Å². The van der Waals surface area contributed by atoms with Crippen molar-refractivity contribution in [2.45, 2.75) is 13.8 Å². The van der Waals surface area contributed by atoms with Crippen molar-refractivity contribution in [3.05, 3.63) is 47.6 Å². The molecule has 0 spiro atoms. The van der Waals surface area contributed by atoms with E-state index in [2.05, 4.69) is 0 Å². The summed E-state index contributed by atoms with van der Waals surface area (Å²) in [7, 11) is 1.61. The molecule has 1 fully saturated rings. The Morgan fingerprint density at radius 2 is 1.58 bits per heavy atom. The van der Waals surface area contributed by atoms with E-state index >= 15 is 0 Å². The number of hydrogen-bond acceptors (Lipinski definition) is 4. The topological polar surface area (TPSA) is 49.9 Å². The van der Waals surface area contributed by atoms with Gasteiger partial charge in [0.15, 0.2) is 5.11 Å². The Hall–Kier alpha value is -2.47. The summed E-state index contributed by atoms with van der Waals surface area (Å²) < 4.78 is 5.11. The summed E-state index contributed by atoms with van der Waals surface area (Å²) in [4.78, 5) is 27.7. The molecule has 0 N–H and O–H groups in total. The molecule has 24 heavy (non-hydrogen) atoms. The molecule has 1 aromatic carbocycles. The van der Waals surface area contributed by atoms with Gasteiger partial charge in [-0.15, -0.1) is 0 Å². The van der Waals surface area contributed by atoms with Crippen LogP contribution in [0.4, 0.5) is 0 Å². The fraction of sp³-hybridized carbons (Fsp3) is 0.278. The molecule has 0 atom stereocenters. The second kappa shape index (κ2) is 7.88. The van der Waals surface area contributed by atoms with Gasteiger partial charge in [-0.2, -0.15) is 0 Å². The molecule has 1 aliphatic rings. The van der Waals surface area contributed by atoms with Crippen molar-refractivity contribution in [1.29, 1.82) is 0 Å². The predicted molar refractivity (Wildman–Crippen MR) is 97.5 cm³/mol. The standard InChI is InChI=1S/C18H20N2O3S/c1-4-19-16(21)15(17(22)20(5-2)18(19)24)8-6-7-13-9-11-14(23-3)12-10-13/h6-12H,4-5H2,1-3H3/b7-6+. The van der Waals surface area contributed by atoms with Crippen LogP contribution in [-0.2, 0) is 9.59 Å². The second-order valence-corrected chi connectivity index (χ2v) is 5.46. The maximum Gasteiger partial charge on any atom is 0.265 e. The summed E-state index contributed by atoms with van der Waals surface area (Å²) in [6.45, 7) is 4.53. The van der Waals surface area contributed by atoms with E-state index in [1.54, 1.807) is 19.3 Å². The normalized spacial score (nSPS) is 15.5. The molecule has 2 rings (SSSR count). The molecule has 0 aromatic heterocycles. The summed E-state index contributed by atoms with van der Waals surface area (Å²) in [5, 5.41) is 0.270. The van der Waals surface area contributed by atoms with Crippen molar-refractivity contribution < 1.29 is 14.3 Å². The lowest BCUT2D eigenvalue weighted by atomic mass is 10.1. The van der Waals surface area contributed by atoms with Crippen molar-refractivity contribution in [1.82, 2.24) is 9.80 Å². The lowest BCUT2D eigenvalue weighted by Crippen LogP contribution is -2.55. The minimum absolute atomic E-state index is 0.122. The van der Waals surface area contributed by atoms with Gasteiger partial charge in [0.05, 0.1) is 7.11 Å². The highest BCUT2D eigenvalue weighted by atomic mass is 32.1. The Morgan fingerprint density at radius 3 is 2.04 bits per heavy atom. The number of carbonyl (C=O) groups excluding carboxylic acids is 2. The number of benzene rings is 1. The van der Waals surface area contributed by atoms with Gasteiger partial charge < -0.3 is 4.74 Å². The second-order valence-electron chi connectivity index (χ2n) is 5.09. The first-order valence-electron chi connectivity index (χ1n) is 7.73. The molecular weight excluding hydrogens is 324 g/mol. The highest BCUT2D eigenvalue weighted by Gasteiger charge is 2.37. The van der Waals surface area contributed by atoms with Gasteiger partial charge in [-0.1, -0.05) is 24.3 Å². The molecule has 126 valence electrons. The first-order valence-corrected chi connectivity index (χ1v) is 8.14. The highest BCUT2D eigenvalue weighted by Crippen LogP contribution is 2.18. The summed E-state index contributed by atoms with van der Waals surface area (Å²) in [5.74, 6) is 0.0713. The average Bonchev–Trinajstić information content (AvgIpc) is 2.59. The van der Waals surface area contributed by atoms with Gasteiger partial charge in [0.1, 0.15) is 11.3 Å². The van der Waals surface area contributed by atoms with E-state index < -0.39 is 0 Å². The van der Waals surface area contributed by atoms with E-state index in [0.29, 0.717) is 13.1 Å². The third-order valence-electron chi connectivity index (χ3n) is 3.71. The Kier molecular flexibility index (Phi) is 5.87. The monoisotopic (exact) mass is 344 g/mol. The molecule has 0 unspecified atom stereocenters. The Labute approximate surface area is 147 Å². The molecule has 1 aliphatic heterocycles. The number of amides is 2. The van der Waals surface area contributed by atoms with E-state index in [9.17, 15) is 9.59 Å². The first-order chi connectivity index (χ1) is 11.5. The van der Waals surface area contributed by atoms with Gasteiger partial charge in [-0.25, -0.2) is 0 Å². The molecule has 1 saturated heterocycles. The SMILES string of the molecule is CCN1C(=O)C(=C/C=C/c2ccc(OC)cc2)C(=O)N(CC)C1=S. The largest absolute Gasteiger partial charge is 0.497 e. The van der Waals surface area contributed by atoms with Crippen molar-refractivity contribution in [3.63, 3.8) is 0 Å². The maximum atomic E-state index is 12.4. The smallest absolute Gasteiger partial charge is 0.265 e. The lowest BCUT2D eigenvalue weighted by Gasteiger charge is -2.35. The molecule has 0 saturated carbocycles. The fourth-order valence-corrected chi connectivity index (χ4v) is 2.80. The van der Waals surface area contributed by atoms with Gasteiger partial charge in [-0.05, 0) is 49.8 Å². The van der Waals surface area contributed by atoms with Gasteiger partial charge >= 0.3 is 0 Å². The van der Waals surface area contributed by atoms with Gasteiger partial charge in [0.25, 0.3) is 11.8 Å². The highest BCUT2D eigenvalue weighted by molar-refractivity contribution is 7.80. The number of allylic oxidation sites excluding steroid dienone is 2. The van der Waals surface area contributed by atoms with Crippen LogP contribution in [0.2, 0.25) is 0 Å². The molecule has 6 heteroatoms. The predicted octanol–water partition coefficient (Wildman–Crippen LogP) is 2.63. The maximum absolute atomic E-state index is 12.4. The third kappa shape index (κ3) is 3.54. The van der Waals surface area contributed by atoms with Gasteiger partial charge in [0, 0.05) is 13.1 Å². The van der Waals surface area contributed by atoms with E-state index in [4.69, 9.17) is 17.0 Å². The number of ether oxygens (including phenoxy) is 1. The van der Waals surface area contributed by atoms with Crippen molar-refractivity contribution in [3.8, 4) is 5.75 Å². The molecule has 0 bridgehead atoms. The minimum atomic E-state index is -0.350. The quantitative estimate of drug-likeness (QED) is 0.468. The molecule has 1 heterocycles. The first kappa shape index (κ1) is 17.9. The Balaban J connectivity index is 2.25. The van der Waals surface area contributed by atoms with Crippen LogP contribution in [0.3, 0.4) is 0 Å². The fourth-order valence-electron chi connectivity index (χ4n) is 2.37. The average molecular weight is 344 g/mol. The zero-order valence-corrected chi connectivity index (χ0v) is 14.8. The van der Waals surface area contributed by atoms with Crippen LogP contribution < -0.4 is 4.74 Å². The lowest BCUT2D eigenvalue weighted by molar-refractivity contribution is -0.133. The van der Waals surface area contributed by atoms with Crippen LogP contribution in [0.25, 0.3) is 6.08 Å². The third-order valence-corrected chi connectivity index (χ3v) is 4.15. The zero-order valence-electron chi connectivity index (χ0n) is 14.0. The summed E-state index contributed by atoms with van der Waals surface area (Å²) in [5.41, 5.74) is 1.07. The van der Waals surface area contributed by atoms with E-state index in [-0.39, 0.29) is 22.5 Å². The van der Waals surface area contributed by atoms with Gasteiger partial charge in [0.2, 0.25) is 0 Å². The number of thiocarbonyl (C=S) groups is 1. The van der Waals surface area contributed by atoms with E-state index in [1.165, 1.54) is 9.80 Å². The number of carbonyl (C=O) groups is 2. The Bertz CT molecular complexity index is 679. The molecule has 0 radical (unpaired) electrons. The molecular formula is C18H20N2O3S. The van der Waals surface area contributed by atoms with Crippen LogP contribution in [-0.4, -0.2) is 46.9 Å².